The van der Waals surface area contributed by atoms with E-state index in [2.05, 4.69) is 20.0 Å². The predicted octanol–water partition coefficient (Wildman–Crippen LogP) is 4.31. The molecule has 0 atom stereocenters. The average Bonchev–Trinajstić information content (AvgIpc) is 2.78. The zero-order valence-electron chi connectivity index (χ0n) is 17.1. The molecule has 0 amide bonds. The molecule has 0 saturated carbocycles. The normalized spacial score (nSPS) is 11.6. The van der Waals surface area contributed by atoms with Crippen LogP contribution in [0.25, 0.3) is 10.9 Å². The molecule has 0 aliphatic heterocycles. The first-order valence-electron chi connectivity index (χ1n) is 9.82. The van der Waals surface area contributed by atoms with Gasteiger partial charge in [0.1, 0.15) is 23.3 Å². The van der Waals surface area contributed by atoms with Crippen molar-refractivity contribution in [2.75, 3.05) is 5.32 Å². The quantitative estimate of drug-likeness (QED) is 0.435. The maximum absolute atomic E-state index is 14.0. The lowest BCUT2D eigenvalue weighted by Crippen LogP contribution is -2.24. The fraction of sp³-hybridized carbons (Fsp3) is 0.130. The Morgan fingerprint density at radius 1 is 0.875 bits per heavy atom. The Labute approximate surface area is 184 Å². The molecule has 1 heterocycles. The fourth-order valence-electron chi connectivity index (χ4n) is 3.23. The Hall–Kier alpha value is -3.43. The van der Waals surface area contributed by atoms with Crippen LogP contribution in [0.5, 0.6) is 0 Å². The van der Waals surface area contributed by atoms with Gasteiger partial charge in [-0.3, -0.25) is 0 Å². The lowest BCUT2D eigenvalue weighted by molar-refractivity contribution is 0.578. The van der Waals surface area contributed by atoms with Crippen molar-refractivity contribution in [1.82, 2.24) is 14.7 Å². The highest BCUT2D eigenvalue weighted by atomic mass is 32.2. The third-order valence-electron chi connectivity index (χ3n) is 4.92. The van der Waals surface area contributed by atoms with E-state index in [0.29, 0.717) is 16.9 Å². The molecule has 0 bridgehead atoms. The van der Waals surface area contributed by atoms with Crippen molar-refractivity contribution in [1.29, 1.82) is 0 Å². The van der Waals surface area contributed by atoms with Crippen LogP contribution in [-0.4, -0.2) is 18.4 Å². The number of aryl methyl sites for hydroxylation is 1. The third-order valence-corrected chi connectivity index (χ3v) is 6.34. The maximum Gasteiger partial charge on any atom is 0.240 e. The molecule has 6 nitrogen and oxygen atoms in total. The summed E-state index contributed by atoms with van der Waals surface area (Å²) >= 11 is 0. The molecule has 0 saturated heterocycles. The van der Waals surface area contributed by atoms with Crippen LogP contribution in [0.15, 0.2) is 71.6 Å². The van der Waals surface area contributed by atoms with Crippen LogP contribution >= 0.6 is 0 Å². The number of halogens is 2. The second-order valence-corrected chi connectivity index (χ2v) is 8.95. The maximum atomic E-state index is 14.0. The van der Waals surface area contributed by atoms with E-state index in [1.807, 2.05) is 25.1 Å². The third kappa shape index (κ3) is 4.74. The van der Waals surface area contributed by atoms with Gasteiger partial charge in [0.15, 0.2) is 0 Å². The second kappa shape index (κ2) is 8.97. The summed E-state index contributed by atoms with van der Waals surface area (Å²) in [4.78, 5) is 8.91. The average molecular weight is 455 g/mol. The van der Waals surface area contributed by atoms with Crippen molar-refractivity contribution in [2.24, 2.45) is 0 Å². The summed E-state index contributed by atoms with van der Waals surface area (Å²) in [5, 5.41) is 3.88. The van der Waals surface area contributed by atoms with Crippen molar-refractivity contribution in [3.8, 4) is 0 Å². The van der Waals surface area contributed by atoms with Crippen LogP contribution in [-0.2, 0) is 23.1 Å². The Kier molecular flexibility index (Phi) is 6.11. The van der Waals surface area contributed by atoms with E-state index in [9.17, 15) is 17.2 Å². The second-order valence-electron chi connectivity index (χ2n) is 7.18. The largest absolute Gasteiger partial charge is 0.365 e. The summed E-state index contributed by atoms with van der Waals surface area (Å²) < 4.78 is 54.6. The summed E-state index contributed by atoms with van der Waals surface area (Å²) in [5.74, 6) is -0.142. The minimum absolute atomic E-state index is 0.0613. The van der Waals surface area contributed by atoms with Crippen molar-refractivity contribution < 1.29 is 17.2 Å². The molecule has 0 aliphatic carbocycles. The van der Waals surface area contributed by atoms with Crippen molar-refractivity contribution >= 4 is 26.7 Å². The van der Waals surface area contributed by atoms with Gasteiger partial charge >= 0.3 is 0 Å². The Balaban J connectivity index is 1.62. The molecular weight excluding hydrogens is 434 g/mol. The summed E-state index contributed by atoms with van der Waals surface area (Å²) in [6, 6.07) is 16.6. The number of hydrogen-bond acceptors (Lipinski definition) is 5. The Morgan fingerprint density at radius 3 is 2.38 bits per heavy atom. The smallest absolute Gasteiger partial charge is 0.240 e. The zero-order chi connectivity index (χ0) is 22.7. The number of fused-ring (bicyclic) bond motifs is 1. The summed E-state index contributed by atoms with van der Waals surface area (Å²) in [5.41, 5.74) is 2.03. The fourth-order valence-corrected chi connectivity index (χ4v) is 4.21. The van der Waals surface area contributed by atoms with Gasteiger partial charge in [-0.05, 0) is 48.9 Å². The zero-order valence-corrected chi connectivity index (χ0v) is 18.0. The van der Waals surface area contributed by atoms with Gasteiger partial charge < -0.3 is 5.32 Å². The molecular formula is C23H20F2N4O2S. The lowest BCUT2D eigenvalue weighted by Gasteiger charge is -2.13. The van der Waals surface area contributed by atoms with E-state index in [1.54, 1.807) is 18.2 Å². The minimum Gasteiger partial charge on any atom is -0.365 e. The molecule has 32 heavy (non-hydrogen) atoms. The van der Waals surface area contributed by atoms with Gasteiger partial charge in [-0.2, -0.15) is 0 Å². The Morgan fingerprint density at radius 2 is 1.62 bits per heavy atom. The molecule has 0 aliphatic rings. The van der Waals surface area contributed by atoms with Gasteiger partial charge in [0.2, 0.25) is 10.0 Å². The lowest BCUT2D eigenvalue weighted by atomic mass is 10.1. The van der Waals surface area contributed by atoms with E-state index in [0.717, 1.165) is 23.1 Å². The van der Waals surface area contributed by atoms with E-state index >= 15 is 0 Å². The highest BCUT2D eigenvalue weighted by Crippen LogP contribution is 2.24. The molecule has 0 unspecified atom stereocenters. The molecule has 0 radical (unpaired) electrons. The molecule has 9 heteroatoms. The number of nitrogens with zero attached hydrogens (tertiary/aromatic N) is 2. The number of rotatable bonds is 7. The molecule has 4 aromatic rings. The number of aromatic nitrogens is 2. The van der Waals surface area contributed by atoms with Gasteiger partial charge in [-0.1, -0.05) is 30.3 Å². The van der Waals surface area contributed by atoms with E-state index < -0.39 is 15.8 Å². The number of benzene rings is 3. The molecule has 2 N–H and O–H groups in total. The number of para-hydroxylation sites is 1. The van der Waals surface area contributed by atoms with Gasteiger partial charge in [0.25, 0.3) is 0 Å². The van der Waals surface area contributed by atoms with Crippen LogP contribution in [0.3, 0.4) is 0 Å². The van der Waals surface area contributed by atoms with Crippen LogP contribution in [0.4, 0.5) is 14.6 Å². The molecule has 0 fully saturated rings. The monoisotopic (exact) mass is 454 g/mol. The van der Waals surface area contributed by atoms with Crippen LogP contribution in [0.2, 0.25) is 0 Å². The number of sulfonamides is 1. The molecule has 0 spiro atoms. The molecule has 1 aromatic heterocycles. The van der Waals surface area contributed by atoms with Gasteiger partial charge in [0.05, 0.1) is 17.0 Å². The summed E-state index contributed by atoms with van der Waals surface area (Å²) in [6.45, 7) is 1.92. The van der Waals surface area contributed by atoms with Crippen molar-refractivity contribution in [2.45, 2.75) is 24.9 Å². The minimum atomic E-state index is -3.88. The van der Waals surface area contributed by atoms with E-state index in [-0.39, 0.29) is 29.6 Å². The van der Waals surface area contributed by atoms with Gasteiger partial charge in [-0.15, -0.1) is 0 Å². The van der Waals surface area contributed by atoms with Crippen molar-refractivity contribution in [3.63, 3.8) is 0 Å². The summed E-state index contributed by atoms with van der Waals surface area (Å²) in [7, 11) is -3.88. The number of nitrogens with one attached hydrogen (secondary N) is 2. The first-order chi connectivity index (χ1) is 15.3. The first kappa shape index (κ1) is 21.8. The number of hydrogen-bond donors (Lipinski definition) is 2. The predicted molar refractivity (Wildman–Crippen MR) is 118 cm³/mol. The number of anilines is 1. The Bertz CT molecular complexity index is 1380. The first-order valence-corrected chi connectivity index (χ1v) is 11.3. The van der Waals surface area contributed by atoms with Crippen LogP contribution in [0.1, 0.15) is 17.0 Å². The standard InChI is InChI=1S/C23H20F2N4O2S/c1-15-5-4-7-19-22(15)28-21(14-27-32(30,31)18-11-9-17(24)10-12-18)29-23(19)26-13-16-6-2-3-8-20(16)25/h2-12,27H,13-14H2,1H3,(H,26,28,29). The van der Waals surface area contributed by atoms with Gasteiger partial charge in [0, 0.05) is 17.5 Å². The molecule has 3 aromatic carbocycles. The highest BCUT2D eigenvalue weighted by Gasteiger charge is 2.16. The van der Waals surface area contributed by atoms with Gasteiger partial charge in [-0.25, -0.2) is 31.9 Å². The topological polar surface area (TPSA) is 84.0 Å². The summed E-state index contributed by atoms with van der Waals surface area (Å²) in [6.07, 6.45) is 0. The van der Waals surface area contributed by atoms with E-state index in [4.69, 9.17) is 0 Å². The highest BCUT2D eigenvalue weighted by molar-refractivity contribution is 7.89. The van der Waals surface area contributed by atoms with Crippen LogP contribution < -0.4 is 10.0 Å². The van der Waals surface area contributed by atoms with E-state index in [1.165, 1.54) is 18.2 Å². The van der Waals surface area contributed by atoms with Crippen molar-refractivity contribution in [3.05, 3.63) is 95.3 Å². The van der Waals surface area contributed by atoms with Crippen LogP contribution in [0, 0.1) is 18.6 Å². The molecule has 164 valence electrons. The SMILES string of the molecule is Cc1cccc2c(NCc3ccccc3F)nc(CNS(=O)(=O)c3ccc(F)cc3)nc12. The molecule has 4 rings (SSSR count).